The molecule has 2 aliphatic heterocycles. The van der Waals surface area contributed by atoms with Crippen molar-refractivity contribution in [2.24, 2.45) is 9.98 Å². The molecule has 0 saturated carbocycles. The maximum Gasteiger partial charge on any atom is 0.216 e. The monoisotopic (exact) mass is 654 g/mol. The fourth-order valence-electron chi connectivity index (χ4n) is 6.26. The molecule has 6 heteroatoms. The minimum Gasteiger partial charge on any atom is -0.475 e. The lowest BCUT2D eigenvalue weighted by molar-refractivity contribution is 0.279. The van der Waals surface area contributed by atoms with E-state index in [1.807, 2.05) is 12.1 Å². The smallest absolute Gasteiger partial charge is 0.216 e. The van der Waals surface area contributed by atoms with Crippen LogP contribution < -0.4 is 0 Å². The number of rotatable bonds is 7. The van der Waals surface area contributed by atoms with Gasteiger partial charge in [-0.15, -0.1) is 0 Å². The lowest BCUT2D eigenvalue weighted by Crippen LogP contribution is -2.17. The van der Waals surface area contributed by atoms with Crippen molar-refractivity contribution in [3.63, 3.8) is 0 Å². The summed E-state index contributed by atoms with van der Waals surface area (Å²) >= 11 is 0. The zero-order chi connectivity index (χ0) is 34.3. The highest BCUT2D eigenvalue weighted by atomic mass is 16.5. The maximum absolute atomic E-state index is 5.91. The fourth-order valence-corrected chi connectivity index (χ4v) is 6.26. The second-order valence-electron chi connectivity index (χ2n) is 14.2. The molecule has 0 atom stereocenters. The molecule has 0 bridgehead atoms. The Balaban J connectivity index is 1.25. The predicted molar refractivity (Wildman–Crippen MR) is 202 cm³/mol. The normalized spacial score (nSPS) is 15.9. The van der Waals surface area contributed by atoms with Gasteiger partial charge >= 0.3 is 0 Å². The Labute approximate surface area is 293 Å². The Kier molecular flexibility index (Phi) is 7.87. The van der Waals surface area contributed by atoms with Crippen molar-refractivity contribution >= 4 is 11.8 Å². The summed E-state index contributed by atoms with van der Waals surface area (Å²) in [7, 11) is 0. The molecule has 0 spiro atoms. The third-order valence-corrected chi connectivity index (χ3v) is 8.92. The average molecular weight is 655 g/mol. The second-order valence-corrected chi connectivity index (χ2v) is 14.2. The molecule has 6 nitrogen and oxygen atoms in total. The van der Waals surface area contributed by atoms with Crippen LogP contribution in [-0.4, -0.2) is 46.1 Å². The molecule has 0 aliphatic carbocycles. The highest BCUT2D eigenvalue weighted by Gasteiger charge is 2.28. The average Bonchev–Trinajstić information content (AvgIpc) is 3.72. The zero-order valence-electron chi connectivity index (χ0n) is 28.7. The van der Waals surface area contributed by atoms with Crippen LogP contribution in [0, 0.1) is 0 Å². The van der Waals surface area contributed by atoms with Crippen molar-refractivity contribution in [2.75, 3.05) is 13.2 Å². The molecule has 6 aromatic rings. The Morgan fingerprint density at radius 1 is 0.400 bits per heavy atom. The third-order valence-electron chi connectivity index (χ3n) is 8.92. The van der Waals surface area contributed by atoms with Crippen LogP contribution in [0.3, 0.4) is 0 Å². The third kappa shape index (κ3) is 6.57. The number of hydrogen-bond donors (Lipinski definition) is 0. The van der Waals surface area contributed by atoms with Gasteiger partial charge in [-0.05, 0) is 98.5 Å². The van der Waals surface area contributed by atoms with Crippen molar-refractivity contribution in [1.29, 1.82) is 0 Å². The first-order valence-electron chi connectivity index (χ1n) is 17.0. The van der Waals surface area contributed by atoms with Crippen LogP contribution in [0.5, 0.6) is 0 Å². The van der Waals surface area contributed by atoms with E-state index in [0.717, 1.165) is 61.5 Å². The number of benzene rings is 5. The molecule has 8 rings (SSSR count). The van der Waals surface area contributed by atoms with Crippen molar-refractivity contribution < 1.29 is 9.47 Å². The molecule has 0 saturated heterocycles. The van der Waals surface area contributed by atoms with Crippen LogP contribution in [0.25, 0.3) is 56.2 Å². The van der Waals surface area contributed by atoms with E-state index in [2.05, 4.69) is 149 Å². The van der Waals surface area contributed by atoms with Crippen LogP contribution in [0.4, 0.5) is 0 Å². The molecule has 0 N–H and O–H groups in total. The van der Waals surface area contributed by atoms with Gasteiger partial charge in [0.2, 0.25) is 11.8 Å². The van der Waals surface area contributed by atoms with Gasteiger partial charge in [0, 0.05) is 27.8 Å². The first-order chi connectivity index (χ1) is 24.2. The van der Waals surface area contributed by atoms with E-state index < -0.39 is 0 Å². The number of nitrogens with zero attached hydrogens (tertiary/aromatic N) is 4. The highest BCUT2D eigenvalue weighted by molar-refractivity contribution is 5.96. The van der Waals surface area contributed by atoms with Crippen LogP contribution in [0.15, 0.2) is 143 Å². The van der Waals surface area contributed by atoms with E-state index in [0.29, 0.717) is 30.8 Å². The molecule has 0 amide bonds. The molecule has 2 aliphatic rings. The van der Waals surface area contributed by atoms with Crippen LogP contribution in [0.1, 0.15) is 38.8 Å². The summed E-state index contributed by atoms with van der Waals surface area (Å²) in [6.45, 7) is 9.47. The van der Waals surface area contributed by atoms with Gasteiger partial charge < -0.3 is 9.47 Å². The molecule has 246 valence electrons. The lowest BCUT2D eigenvalue weighted by Gasteiger charge is -2.13. The molecular weight excluding hydrogens is 617 g/mol. The maximum atomic E-state index is 5.91. The molecule has 0 fully saturated rings. The van der Waals surface area contributed by atoms with Crippen molar-refractivity contribution in [3.05, 3.63) is 145 Å². The summed E-state index contributed by atoms with van der Waals surface area (Å²) in [6.07, 6.45) is 0. The summed E-state index contributed by atoms with van der Waals surface area (Å²) in [6, 6.07) is 46.1. The fraction of sp³-hybridized carbons (Fsp3) is 0.182. The van der Waals surface area contributed by atoms with E-state index in [4.69, 9.17) is 29.4 Å². The quantitative estimate of drug-likeness (QED) is 0.172. The predicted octanol–water partition coefficient (Wildman–Crippen LogP) is 9.92. The topological polar surface area (TPSA) is 69.0 Å². The molecule has 0 radical (unpaired) electrons. The molecular formula is C44H38N4O2. The van der Waals surface area contributed by atoms with Crippen molar-refractivity contribution in [2.45, 2.75) is 38.8 Å². The SMILES string of the molecule is CC1(C)COC(c2ccc(-c3cc(-c4ccc(C5=NC(C)(C)CO5)cc4)nc(-c4cc(-c5ccccc5)cc(-c5ccccc5)c4)n3)cc2)=N1. The van der Waals surface area contributed by atoms with Crippen molar-refractivity contribution in [3.8, 4) is 56.2 Å². The Hall–Kier alpha value is -5.88. The molecule has 5 aromatic carbocycles. The summed E-state index contributed by atoms with van der Waals surface area (Å²) in [5.41, 5.74) is 10.5. The standard InChI is InChI=1S/C44H38N4O2/c1-43(2)27-49-41(47-43)33-19-15-31(16-20-33)38-26-39(32-17-21-34(22-18-32)42-48-44(3,4)28-50-42)46-40(45-38)37-24-35(29-11-7-5-8-12-29)23-36(25-37)30-13-9-6-10-14-30/h5-26H,27-28H2,1-4H3. The van der Waals surface area contributed by atoms with E-state index in [1.165, 1.54) is 0 Å². The van der Waals surface area contributed by atoms with Gasteiger partial charge in [0.15, 0.2) is 5.82 Å². The minimum absolute atomic E-state index is 0.223. The second kappa shape index (κ2) is 12.5. The Morgan fingerprint density at radius 3 is 1.16 bits per heavy atom. The molecule has 3 heterocycles. The highest BCUT2D eigenvalue weighted by Crippen LogP contribution is 2.34. The van der Waals surface area contributed by atoms with Gasteiger partial charge in [0.25, 0.3) is 0 Å². The molecule has 0 unspecified atom stereocenters. The largest absolute Gasteiger partial charge is 0.475 e. The first kappa shape index (κ1) is 31.4. The zero-order valence-corrected chi connectivity index (χ0v) is 28.7. The van der Waals surface area contributed by atoms with Gasteiger partial charge in [-0.2, -0.15) is 0 Å². The van der Waals surface area contributed by atoms with Gasteiger partial charge in [-0.1, -0.05) is 84.9 Å². The van der Waals surface area contributed by atoms with Crippen LogP contribution in [-0.2, 0) is 9.47 Å². The van der Waals surface area contributed by atoms with Gasteiger partial charge in [-0.25, -0.2) is 20.0 Å². The van der Waals surface area contributed by atoms with Gasteiger partial charge in [0.1, 0.15) is 13.2 Å². The van der Waals surface area contributed by atoms with E-state index in [1.54, 1.807) is 0 Å². The number of ether oxygens (including phenoxy) is 2. The number of aromatic nitrogens is 2. The number of aliphatic imine (C=N–C) groups is 2. The van der Waals surface area contributed by atoms with E-state index >= 15 is 0 Å². The summed E-state index contributed by atoms with van der Waals surface area (Å²) in [5, 5.41) is 0. The summed E-state index contributed by atoms with van der Waals surface area (Å²) in [4.78, 5) is 19.9. The molecule has 1 aromatic heterocycles. The van der Waals surface area contributed by atoms with Crippen LogP contribution in [0.2, 0.25) is 0 Å². The molecule has 50 heavy (non-hydrogen) atoms. The van der Waals surface area contributed by atoms with Gasteiger partial charge in [-0.3, -0.25) is 0 Å². The Morgan fingerprint density at radius 2 is 0.780 bits per heavy atom. The lowest BCUT2D eigenvalue weighted by atomic mass is 9.95. The van der Waals surface area contributed by atoms with E-state index in [9.17, 15) is 0 Å². The number of hydrogen-bond acceptors (Lipinski definition) is 6. The summed E-state index contributed by atoms with van der Waals surface area (Å²) in [5.74, 6) is 2.00. The first-order valence-corrected chi connectivity index (χ1v) is 17.0. The van der Waals surface area contributed by atoms with Crippen LogP contribution >= 0.6 is 0 Å². The minimum atomic E-state index is -0.223. The van der Waals surface area contributed by atoms with E-state index in [-0.39, 0.29) is 11.1 Å². The van der Waals surface area contributed by atoms with Gasteiger partial charge in [0.05, 0.1) is 22.5 Å². The summed E-state index contributed by atoms with van der Waals surface area (Å²) < 4.78 is 11.8. The van der Waals surface area contributed by atoms with Crippen molar-refractivity contribution in [1.82, 2.24) is 9.97 Å². The Bertz CT molecular complexity index is 2090.